The van der Waals surface area contributed by atoms with E-state index in [0.29, 0.717) is 24.7 Å². The molecule has 4 saturated carbocycles. The maximum Gasteiger partial charge on any atom is 0.332 e. The van der Waals surface area contributed by atoms with Crippen molar-refractivity contribution in [1.82, 2.24) is 0 Å². The molecule has 0 radical (unpaired) electrons. The van der Waals surface area contributed by atoms with Crippen molar-refractivity contribution in [3.05, 3.63) is 0 Å². The molecule has 0 aromatic carbocycles. The predicted molar refractivity (Wildman–Crippen MR) is 116 cm³/mol. The summed E-state index contributed by atoms with van der Waals surface area (Å²) in [5.41, 5.74) is -0.0114. The summed E-state index contributed by atoms with van der Waals surface area (Å²) in [7, 11) is 0. The van der Waals surface area contributed by atoms with Gasteiger partial charge in [0.2, 0.25) is 0 Å². The van der Waals surface area contributed by atoms with Crippen molar-refractivity contribution in [2.45, 2.75) is 103 Å². The molecule has 0 aromatic rings. The summed E-state index contributed by atoms with van der Waals surface area (Å²) in [6, 6.07) is 0. The first-order valence-corrected chi connectivity index (χ1v) is 12.5. The van der Waals surface area contributed by atoms with Crippen LogP contribution in [0.4, 0.5) is 0 Å². The molecule has 6 heteroatoms. The van der Waals surface area contributed by atoms with Gasteiger partial charge in [-0.3, -0.25) is 0 Å². The Morgan fingerprint density at radius 1 is 1.06 bits per heavy atom. The molecule has 0 aromatic heterocycles. The second-order valence-corrected chi connectivity index (χ2v) is 11.7. The second-order valence-electron chi connectivity index (χ2n) is 11.7. The minimum absolute atomic E-state index is 0.00357. The Morgan fingerprint density at radius 3 is 2.42 bits per heavy atom. The maximum absolute atomic E-state index is 11.4. The number of rotatable bonds is 5. The highest BCUT2D eigenvalue weighted by Gasteiger charge is 2.66. The smallest absolute Gasteiger partial charge is 0.332 e. The van der Waals surface area contributed by atoms with Gasteiger partial charge in [0.05, 0.1) is 18.3 Å². The van der Waals surface area contributed by atoms with Gasteiger partial charge in [-0.25, -0.2) is 4.79 Å². The average molecular weight is 439 g/mol. The molecular weight excluding hydrogens is 396 g/mol. The van der Waals surface area contributed by atoms with Crippen LogP contribution in [0.1, 0.15) is 78.6 Å². The summed E-state index contributed by atoms with van der Waals surface area (Å²) in [6.07, 6.45) is 4.44. The van der Waals surface area contributed by atoms with Crippen molar-refractivity contribution in [1.29, 1.82) is 0 Å². The fraction of sp³-hybridized carbons (Fsp3) is 0.960. The van der Waals surface area contributed by atoms with E-state index in [2.05, 4.69) is 13.8 Å². The van der Waals surface area contributed by atoms with Crippen LogP contribution < -0.4 is 0 Å². The van der Waals surface area contributed by atoms with Crippen LogP contribution >= 0.6 is 0 Å². The van der Waals surface area contributed by atoms with E-state index in [1.165, 1.54) is 0 Å². The van der Waals surface area contributed by atoms with Crippen molar-refractivity contribution in [3.8, 4) is 0 Å². The van der Waals surface area contributed by atoms with Crippen LogP contribution in [-0.2, 0) is 4.79 Å². The molecule has 31 heavy (non-hydrogen) atoms. The van der Waals surface area contributed by atoms with Crippen LogP contribution in [0.2, 0.25) is 0 Å². The topological polar surface area (TPSA) is 118 Å². The lowest BCUT2D eigenvalue weighted by Crippen LogP contribution is -2.60. The molecule has 5 N–H and O–H groups in total. The number of hydrogen-bond acceptors (Lipinski definition) is 5. The number of aliphatic hydroxyl groups is 4. The van der Waals surface area contributed by atoms with Gasteiger partial charge in [0.15, 0.2) is 6.10 Å². The monoisotopic (exact) mass is 438 g/mol. The minimum Gasteiger partial charge on any atom is -0.479 e. The molecule has 12 atom stereocenters. The Bertz CT molecular complexity index is 683. The number of carbonyl (C=O) groups is 1. The maximum atomic E-state index is 11.4. The van der Waals surface area contributed by atoms with Gasteiger partial charge in [0.25, 0.3) is 0 Å². The Balaban J connectivity index is 1.64. The Labute approximate surface area is 186 Å². The van der Waals surface area contributed by atoms with E-state index in [9.17, 15) is 30.3 Å². The Morgan fingerprint density at radius 2 is 1.77 bits per heavy atom. The molecule has 4 fully saturated rings. The molecule has 4 aliphatic rings. The van der Waals surface area contributed by atoms with Gasteiger partial charge in [0.1, 0.15) is 0 Å². The van der Waals surface area contributed by atoms with Gasteiger partial charge >= 0.3 is 5.97 Å². The normalized spacial score (nSPS) is 51.3. The fourth-order valence-electron chi connectivity index (χ4n) is 9.20. The van der Waals surface area contributed by atoms with Crippen molar-refractivity contribution in [2.75, 3.05) is 0 Å². The van der Waals surface area contributed by atoms with Gasteiger partial charge in [-0.2, -0.15) is 0 Å². The van der Waals surface area contributed by atoms with Crippen LogP contribution in [0.5, 0.6) is 0 Å². The van der Waals surface area contributed by atoms with Crippen molar-refractivity contribution < 1.29 is 30.3 Å². The summed E-state index contributed by atoms with van der Waals surface area (Å²) in [5.74, 6) is -0.272. The molecule has 0 spiro atoms. The molecule has 4 unspecified atom stereocenters. The molecule has 0 heterocycles. The van der Waals surface area contributed by atoms with Gasteiger partial charge < -0.3 is 25.5 Å². The standard InChI is InChI=1S/C25H42O6/c1-4-25-8-6-16-21(18(27)11-14-10-15(26)5-7-24(14,16)3)22(25)19(28)12-17(25)13(2)9-20(29)23(30)31/h13-22,26-29H,4-12H2,1-3H3,(H,30,31)/t13-,14+,15-,16?,17?,18-,19+,20-,21?,22+,24+,25?/m1/s1. The molecule has 4 rings (SSSR count). The molecular formula is C25H42O6. The zero-order valence-corrected chi connectivity index (χ0v) is 19.3. The first kappa shape index (κ1) is 23.5. The molecule has 6 nitrogen and oxygen atoms in total. The molecule has 0 bridgehead atoms. The van der Waals surface area contributed by atoms with Crippen LogP contribution in [-0.4, -0.2) is 55.9 Å². The first-order chi connectivity index (χ1) is 14.5. The zero-order valence-electron chi connectivity index (χ0n) is 19.3. The fourth-order valence-corrected chi connectivity index (χ4v) is 9.20. The molecule has 178 valence electrons. The van der Waals surface area contributed by atoms with E-state index in [1.54, 1.807) is 0 Å². The first-order valence-electron chi connectivity index (χ1n) is 12.5. The lowest BCUT2D eigenvalue weighted by atomic mass is 9.43. The number of aliphatic carboxylic acids is 1. The average Bonchev–Trinajstić information content (AvgIpc) is 3.02. The van der Waals surface area contributed by atoms with E-state index in [0.717, 1.165) is 38.5 Å². The van der Waals surface area contributed by atoms with E-state index in [1.807, 2.05) is 6.92 Å². The van der Waals surface area contributed by atoms with Gasteiger partial charge in [0, 0.05) is 0 Å². The lowest BCUT2D eigenvalue weighted by Gasteiger charge is -2.63. The summed E-state index contributed by atoms with van der Waals surface area (Å²) in [6.45, 7) is 6.55. The minimum atomic E-state index is -1.37. The van der Waals surface area contributed by atoms with E-state index in [-0.39, 0.29) is 47.0 Å². The van der Waals surface area contributed by atoms with Crippen LogP contribution in [0, 0.1) is 46.3 Å². The molecule has 0 aliphatic heterocycles. The lowest BCUT2D eigenvalue weighted by molar-refractivity contribution is -0.189. The summed E-state index contributed by atoms with van der Waals surface area (Å²) in [5, 5.41) is 52.1. The summed E-state index contributed by atoms with van der Waals surface area (Å²) in [4.78, 5) is 11.2. The van der Waals surface area contributed by atoms with Crippen LogP contribution in [0.15, 0.2) is 0 Å². The second kappa shape index (κ2) is 8.27. The van der Waals surface area contributed by atoms with Crippen LogP contribution in [0.3, 0.4) is 0 Å². The third kappa shape index (κ3) is 3.56. The van der Waals surface area contributed by atoms with Crippen LogP contribution in [0.25, 0.3) is 0 Å². The third-order valence-corrected chi connectivity index (χ3v) is 10.7. The molecule has 0 saturated heterocycles. The van der Waals surface area contributed by atoms with Gasteiger partial charge in [-0.05, 0) is 104 Å². The summed E-state index contributed by atoms with van der Waals surface area (Å²) >= 11 is 0. The Hall–Kier alpha value is -0.690. The largest absolute Gasteiger partial charge is 0.479 e. The number of hydrogen-bond donors (Lipinski definition) is 5. The number of fused-ring (bicyclic) bond motifs is 5. The van der Waals surface area contributed by atoms with E-state index in [4.69, 9.17) is 0 Å². The highest BCUT2D eigenvalue weighted by molar-refractivity contribution is 5.71. The molecule has 0 amide bonds. The van der Waals surface area contributed by atoms with Crippen molar-refractivity contribution in [3.63, 3.8) is 0 Å². The SMILES string of the molecule is CCC12CCC3C([C@H](O)C[C@@H]4C[C@H](O)CC[C@]34C)[C@@H]1[C@@H](O)CC2[C@H](C)C[C@@H](O)C(=O)O. The highest BCUT2D eigenvalue weighted by atomic mass is 16.4. The number of aliphatic hydroxyl groups excluding tert-OH is 4. The summed E-state index contributed by atoms with van der Waals surface area (Å²) < 4.78 is 0. The highest BCUT2D eigenvalue weighted by Crippen LogP contribution is 2.69. The number of carboxylic acids is 1. The Kier molecular flexibility index (Phi) is 6.26. The third-order valence-electron chi connectivity index (χ3n) is 10.7. The van der Waals surface area contributed by atoms with Crippen molar-refractivity contribution >= 4 is 5.97 Å². The van der Waals surface area contributed by atoms with Gasteiger partial charge in [-0.1, -0.05) is 20.8 Å². The van der Waals surface area contributed by atoms with Crippen molar-refractivity contribution in [2.24, 2.45) is 46.3 Å². The number of carboxylic acid groups (broad SMARTS) is 1. The zero-order chi connectivity index (χ0) is 22.7. The van der Waals surface area contributed by atoms with Gasteiger partial charge in [-0.15, -0.1) is 0 Å². The van der Waals surface area contributed by atoms with E-state index >= 15 is 0 Å². The van der Waals surface area contributed by atoms with E-state index < -0.39 is 24.3 Å². The molecule has 4 aliphatic carbocycles. The predicted octanol–water partition coefficient (Wildman–Crippen LogP) is 2.81. The quantitative estimate of drug-likeness (QED) is 0.450.